The van der Waals surface area contributed by atoms with Crippen LogP contribution in [0.3, 0.4) is 0 Å². The summed E-state index contributed by atoms with van der Waals surface area (Å²) in [6.45, 7) is 0. The molecule has 4 atom stereocenters. The van der Waals surface area contributed by atoms with Gasteiger partial charge < -0.3 is 4.90 Å². The molecule has 0 aromatic heterocycles. The number of ketones is 3. The van der Waals surface area contributed by atoms with E-state index in [1.54, 1.807) is 0 Å². The molecule has 0 aliphatic heterocycles. The van der Waals surface area contributed by atoms with Crippen LogP contribution >= 0.6 is 0 Å². The van der Waals surface area contributed by atoms with Crippen molar-refractivity contribution < 1.29 is 14.4 Å². The van der Waals surface area contributed by atoms with Crippen molar-refractivity contribution >= 4 is 34.8 Å². The SMILES string of the molecule is O=C1C(=CC2=CCC(N(c3ccc(C=C4CCc5ccccc5C4=O)cc3)c3ccc(CC4CCC5C=CCC=C5C4=O)cc3)C=C2)CCC2C=CCC=C12. The maximum atomic E-state index is 13.4. The largest absolute Gasteiger partial charge is 0.334 e. The van der Waals surface area contributed by atoms with Gasteiger partial charge in [-0.15, -0.1) is 0 Å². The monoisotopic (exact) mass is 721 g/mol. The van der Waals surface area contributed by atoms with Gasteiger partial charge in [-0.2, -0.15) is 0 Å². The van der Waals surface area contributed by atoms with Crippen LogP contribution < -0.4 is 4.90 Å². The van der Waals surface area contributed by atoms with E-state index in [0.717, 1.165) is 120 Å². The molecule has 0 saturated heterocycles. The van der Waals surface area contributed by atoms with Gasteiger partial charge in [0.25, 0.3) is 0 Å². The van der Waals surface area contributed by atoms with Crippen molar-refractivity contribution in [3.05, 3.63) is 184 Å². The lowest BCUT2D eigenvalue weighted by atomic mass is 9.73. The Morgan fingerprint density at radius 1 is 0.636 bits per heavy atom. The summed E-state index contributed by atoms with van der Waals surface area (Å²) in [4.78, 5) is 42.5. The Morgan fingerprint density at radius 3 is 2.11 bits per heavy atom. The normalized spacial score (nSPS) is 25.9. The Morgan fingerprint density at radius 2 is 1.35 bits per heavy atom. The second kappa shape index (κ2) is 15.3. The molecule has 6 aliphatic carbocycles. The Labute approximate surface area is 324 Å². The fourth-order valence-corrected chi connectivity index (χ4v) is 9.44. The Bertz CT molecular complexity index is 2290. The van der Waals surface area contributed by atoms with Crippen LogP contribution in [0, 0.1) is 17.8 Å². The minimum Gasteiger partial charge on any atom is -0.334 e. The zero-order chi connectivity index (χ0) is 37.3. The molecule has 3 aromatic carbocycles. The summed E-state index contributed by atoms with van der Waals surface area (Å²) in [5, 5.41) is 0. The maximum absolute atomic E-state index is 13.4. The molecule has 0 N–H and O–H groups in total. The molecular formula is C51H47NO3. The zero-order valence-corrected chi connectivity index (χ0v) is 31.3. The number of hydrogen-bond acceptors (Lipinski definition) is 4. The first kappa shape index (κ1) is 35.1. The lowest BCUT2D eigenvalue weighted by Crippen LogP contribution is -2.30. The summed E-state index contributed by atoms with van der Waals surface area (Å²) in [5.74, 6) is 1.26. The van der Waals surface area contributed by atoms with E-state index in [4.69, 9.17) is 0 Å². The van der Waals surface area contributed by atoms with Gasteiger partial charge in [0.15, 0.2) is 17.3 Å². The molecule has 0 heterocycles. The highest BCUT2D eigenvalue weighted by Crippen LogP contribution is 2.38. The number of carbonyl (C=O) groups is 3. The van der Waals surface area contributed by atoms with Crippen LogP contribution in [0.5, 0.6) is 0 Å². The molecule has 9 rings (SSSR count). The molecule has 0 bridgehead atoms. The smallest absolute Gasteiger partial charge is 0.189 e. The molecule has 2 fully saturated rings. The van der Waals surface area contributed by atoms with Crippen molar-refractivity contribution in [1.29, 1.82) is 0 Å². The second-order valence-electron chi connectivity index (χ2n) is 15.9. The van der Waals surface area contributed by atoms with Gasteiger partial charge in [0.1, 0.15) is 0 Å². The van der Waals surface area contributed by atoms with Gasteiger partial charge in [0.2, 0.25) is 0 Å². The van der Waals surface area contributed by atoms with E-state index >= 15 is 0 Å². The topological polar surface area (TPSA) is 54.5 Å². The number of nitrogens with zero attached hydrogens (tertiary/aromatic N) is 1. The summed E-state index contributed by atoms with van der Waals surface area (Å²) < 4.78 is 0. The van der Waals surface area contributed by atoms with Gasteiger partial charge in [-0.1, -0.05) is 103 Å². The third-order valence-corrected chi connectivity index (χ3v) is 12.4. The number of hydrogen-bond donors (Lipinski definition) is 0. The summed E-state index contributed by atoms with van der Waals surface area (Å²) in [6.07, 6.45) is 32.5. The van der Waals surface area contributed by atoms with Crippen LogP contribution in [0.15, 0.2) is 161 Å². The van der Waals surface area contributed by atoms with E-state index in [9.17, 15) is 14.4 Å². The molecule has 3 aromatic rings. The van der Waals surface area contributed by atoms with Crippen LogP contribution in [0.1, 0.15) is 78.4 Å². The van der Waals surface area contributed by atoms with Crippen molar-refractivity contribution in [2.24, 2.45) is 17.8 Å². The van der Waals surface area contributed by atoms with Crippen molar-refractivity contribution in [2.75, 3.05) is 4.90 Å². The Kier molecular flexibility index (Phi) is 9.74. The molecular weight excluding hydrogens is 675 g/mol. The number of allylic oxidation sites excluding steroid dienone is 13. The number of carbonyl (C=O) groups excluding carboxylic acids is 3. The second-order valence-corrected chi connectivity index (χ2v) is 15.9. The van der Waals surface area contributed by atoms with Crippen LogP contribution in [-0.4, -0.2) is 23.4 Å². The Hall–Kier alpha value is -5.61. The average Bonchev–Trinajstić information content (AvgIpc) is 3.23. The fraction of sp³-hybridized carbons (Fsp3) is 0.275. The highest BCUT2D eigenvalue weighted by atomic mass is 16.1. The number of rotatable bonds is 7. The lowest BCUT2D eigenvalue weighted by molar-refractivity contribution is -0.121. The molecule has 6 aliphatic rings. The van der Waals surface area contributed by atoms with E-state index in [2.05, 4.69) is 120 Å². The van der Waals surface area contributed by atoms with Crippen LogP contribution in [-0.2, 0) is 22.4 Å². The molecule has 4 unspecified atom stereocenters. The predicted octanol–water partition coefficient (Wildman–Crippen LogP) is 11.1. The van der Waals surface area contributed by atoms with Gasteiger partial charge in [0.05, 0.1) is 6.04 Å². The van der Waals surface area contributed by atoms with Gasteiger partial charge >= 0.3 is 0 Å². The number of fused-ring (bicyclic) bond motifs is 3. The minimum absolute atomic E-state index is 0.0360. The highest BCUT2D eigenvalue weighted by molar-refractivity contribution is 6.13. The van der Waals surface area contributed by atoms with Gasteiger partial charge in [-0.05, 0) is 128 Å². The highest BCUT2D eigenvalue weighted by Gasteiger charge is 2.33. The fourth-order valence-electron chi connectivity index (χ4n) is 9.44. The van der Waals surface area contributed by atoms with Gasteiger partial charge in [0, 0.05) is 51.4 Å². The van der Waals surface area contributed by atoms with Gasteiger partial charge in [-0.25, -0.2) is 0 Å². The van der Waals surface area contributed by atoms with Gasteiger partial charge in [-0.3, -0.25) is 14.4 Å². The quantitative estimate of drug-likeness (QED) is 0.180. The van der Waals surface area contributed by atoms with E-state index in [0.29, 0.717) is 11.7 Å². The third-order valence-electron chi connectivity index (χ3n) is 12.4. The van der Waals surface area contributed by atoms with Crippen LogP contribution in [0.4, 0.5) is 11.4 Å². The summed E-state index contributed by atoms with van der Waals surface area (Å²) in [6, 6.07) is 25.3. The van der Waals surface area contributed by atoms with E-state index < -0.39 is 0 Å². The summed E-state index contributed by atoms with van der Waals surface area (Å²) in [5.41, 5.74) is 11.1. The van der Waals surface area contributed by atoms with Crippen molar-refractivity contribution in [3.8, 4) is 0 Å². The predicted molar refractivity (Wildman–Crippen MR) is 222 cm³/mol. The third kappa shape index (κ3) is 7.18. The van der Waals surface area contributed by atoms with Crippen molar-refractivity contribution in [2.45, 2.75) is 70.3 Å². The number of benzene rings is 3. The molecule has 55 heavy (non-hydrogen) atoms. The maximum Gasteiger partial charge on any atom is 0.189 e. The molecule has 4 nitrogen and oxygen atoms in total. The summed E-state index contributed by atoms with van der Waals surface area (Å²) >= 11 is 0. The van der Waals surface area contributed by atoms with E-state index in [-0.39, 0.29) is 29.4 Å². The van der Waals surface area contributed by atoms with E-state index in [1.807, 2.05) is 24.3 Å². The molecule has 4 heteroatoms. The van der Waals surface area contributed by atoms with Crippen LogP contribution in [0.25, 0.3) is 6.08 Å². The molecule has 2 saturated carbocycles. The first-order valence-electron chi connectivity index (χ1n) is 20.2. The number of aryl methyl sites for hydroxylation is 1. The lowest BCUT2D eigenvalue weighted by Gasteiger charge is -2.33. The molecule has 0 radical (unpaired) electrons. The number of anilines is 2. The van der Waals surface area contributed by atoms with Crippen molar-refractivity contribution in [3.63, 3.8) is 0 Å². The first-order chi connectivity index (χ1) is 27.0. The average molecular weight is 722 g/mol. The molecule has 0 amide bonds. The first-order valence-corrected chi connectivity index (χ1v) is 20.2. The van der Waals surface area contributed by atoms with Crippen LogP contribution in [0.2, 0.25) is 0 Å². The van der Waals surface area contributed by atoms with E-state index in [1.165, 1.54) is 5.56 Å². The summed E-state index contributed by atoms with van der Waals surface area (Å²) in [7, 11) is 0. The molecule has 274 valence electrons. The zero-order valence-electron chi connectivity index (χ0n) is 31.3. The Balaban J connectivity index is 0.963. The van der Waals surface area contributed by atoms with Crippen molar-refractivity contribution in [1.82, 2.24) is 0 Å². The number of Topliss-reactive ketones (excluding diaryl/α,β-unsaturated/α-hetero) is 3. The standard InChI is InChI=1S/C51H47NO3/c53-49-40(22-19-37-7-1-4-10-46(37)49)31-34-13-25-43(26-14-34)52(44-27-15-35(16-28-44)32-41-23-20-38-8-2-5-11-47(38)50(41)54)45-29-17-36(18-30-45)33-42-24-21-39-9-3-6-12-48(39)51(42)55/h1-4,7-18,25-29,31,33,38-39,41,45H,5-6,19-24,30,32H2. The minimum atomic E-state index is 0.0360. The molecule has 0 spiro atoms.